The minimum absolute atomic E-state index is 0.0305. The third kappa shape index (κ3) is 6.64. The van der Waals surface area contributed by atoms with Gasteiger partial charge in [-0.05, 0) is 33.1 Å². The first-order chi connectivity index (χ1) is 7.92. The minimum Gasteiger partial charge on any atom is -0.396 e. The van der Waals surface area contributed by atoms with Crippen LogP contribution in [0, 0.1) is 5.92 Å². The number of hydrogen-bond acceptors (Lipinski definition) is 3. The Kier molecular flexibility index (Phi) is 8.17. The Labute approximate surface area is 105 Å². The highest BCUT2D eigenvalue weighted by atomic mass is 16.3. The highest BCUT2D eigenvalue weighted by Gasteiger charge is 2.19. The molecule has 102 valence electrons. The quantitative estimate of drug-likeness (QED) is 0.603. The summed E-state index contributed by atoms with van der Waals surface area (Å²) in [6.45, 7) is 10.1. The summed E-state index contributed by atoms with van der Waals surface area (Å²) in [5.74, 6) is 0.182. The van der Waals surface area contributed by atoms with Crippen LogP contribution in [0.3, 0.4) is 0 Å². The van der Waals surface area contributed by atoms with Crippen molar-refractivity contribution < 1.29 is 9.90 Å². The molecule has 0 heterocycles. The van der Waals surface area contributed by atoms with Gasteiger partial charge in [-0.3, -0.25) is 4.79 Å². The van der Waals surface area contributed by atoms with Gasteiger partial charge in [-0.2, -0.15) is 0 Å². The second-order valence-electron chi connectivity index (χ2n) is 5.04. The van der Waals surface area contributed by atoms with Crippen LogP contribution in [0.2, 0.25) is 0 Å². The van der Waals surface area contributed by atoms with Gasteiger partial charge in [-0.1, -0.05) is 20.3 Å². The van der Waals surface area contributed by atoms with Gasteiger partial charge in [-0.25, -0.2) is 0 Å². The van der Waals surface area contributed by atoms with Crippen molar-refractivity contribution in [3.63, 3.8) is 0 Å². The summed E-state index contributed by atoms with van der Waals surface area (Å²) in [7, 11) is 0. The van der Waals surface area contributed by atoms with Gasteiger partial charge in [0.2, 0.25) is 5.91 Å². The molecular formula is C13H28N2O2. The van der Waals surface area contributed by atoms with Crippen molar-refractivity contribution in [3.05, 3.63) is 0 Å². The molecule has 4 heteroatoms. The third-order valence-corrected chi connectivity index (χ3v) is 3.16. The first kappa shape index (κ1) is 16.4. The summed E-state index contributed by atoms with van der Waals surface area (Å²) in [5, 5.41) is 15.2. The summed E-state index contributed by atoms with van der Waals surface area (Å²) in [5.41, 5.74) is 0. The lowest BCUT2D eigenvalue weighted by Crippen LogP contribution is -2.49. The van der Waals surface area contributed by atoms with Gasteiger partial charge >= 0.3 is 0 Å². The largest absolute Gasteiger partial charge is 0.396 e. The zero-order valence-electron chi connectivity index (χ0n) is 11.8. The molecule has 4 nitrogen and oxygen atoms in total. The van der Waals surface area contributed by atoms with Crippen LogP contribution in [0.4, 0.5) is 0 Å². The van der Waals surface area contributed by atoms with E-state index in [9.17, 15) is 4.79 Å². The number of aliphatic hydroxyl groups is 1. The molecule has 0 aliphatic heterocycles. The first-order valence-corrected chi connectivity index (χ1v) is 6.59. The van der Waals surface area contributed by atoms with Crippen LogP contribution < -0.4 is 10.6 Å². The second-order valence-corrected chi connectivity index (χ2v) is 5.04. The molecule has 0 aromatic carbocycles. The average Bonchev–Trinajstić information content (AvgIpc) is 2.27. The van der Waals surface area contributed by atoms with E-state index >= 15 is 0 Å². The molecular weight excluding hydrogens is 216 g/mol. The Balaban J connectivity index is 4.04. The number of carbonyl (C=O) groups excluding carboxylic acids is 1. The van der Waals surface area contributed by atoms with Crippen molar-refractivity contribution in [1.82, 2.24) is 10.6 Å². The second kappa shape index (κ2) is 8.48. The predicted octanol–water partition coefficient (Wildman–Crippen LogP) is 1.29. The lowest BCUT2D eigenvalue weighted by atomic mass is 10.0. The van der Waals surface area contributed by atoms with Gasteiger partial charge in [0.05, 0.1) is 6.04 Å². The van der Waals surface area contributed by atoms with Crippen molar-refractivity contribution in [2.75, 3.05) is 6.61 Å². The third-order valence-electron chi connectivity index (χ3n) is 3.16. The highest BCUT2D eigenvalue weighted by Crippen LogP contribution is 2.02. The number of nitrogens with one attached hydrogen (secondary N) is 2. The topological polar surface area (TPSA) is 61.4 Å². The van der Waals surface area contributed by atoms with Crippen LogP contribution in [-0.4, -0.2) is 35.7 Å². The highest BCUT2D eigenvalue weighted by molar-refractivity contribution is 5.81. The Hall–Kier alpha value is -0.610. The van der Waals surface area contributed by atoms with Crippen molar-refractivity contribution in [1.29, 1.82) is 0 Å². The number of rotatable bonds is 8. The Bertz CT molecular complexity index is 221. The number of hydrogen-bond donors (Lipinski definition) is 3. The standard InChI is InChI=1S/C13H28N2O2/c1-6-7-10(3)14-13(17)12(5)15-11(4)9(2)8-16/h9-12,15-16H,6-8H2,1-5H3,(H,14,17). The molecule has 4 unspecified atom stereocenters. The Morgan fingerprint density at radius 3 is 2.29 bits per heavy atom. The molecule has 0 rings (SSSR count). The molecule has 0 bridgehead atoms. The van der Waals surface area contributed by atoms with Gasteiger partial charge in [0, 0.05) is 18.7 Å². The fraction of sp³-hybridized carbons (Fsp3) is 0.923. The molecule has 0 radical (unpaired) electrons. The summed E-state index contributed by atoms with van der Waals surface area (Å²) < 4.78 is 0. The Morgan fingerprint density at radius 1 is 1.24 bits per heavy atom. The van der Waals surface area contributed by atoms with E-state index in [0.29, 0.717) is 0 Å². The van der Waals surface area contributed by atoms with E-state index in [2.05, 4.69) is 17.6 Å². The molecule has 1 amide bonds. The van der Waals surface area contributed by atoms with Crippen LogP contribution in [-0.2, 0) is 4.79 Å². The molecule has 4 atom stereocenters. The van der Waals surface area contributed by atoms with E-state index in [1.165, 1.54) is 0 Å². The molecule has 0 aromatic rings. The predicted molar refractivity (Wildman–Crippen MR) is 70.8 cm³/mol. The lowest BCUT2D eigenvalue weighted by Gasteiger charge is -2.24. The maximum Gasteiger partial charge on any atom is 0.237 e. The van der Waals surface area contributed by atoms with Crippen molar-refractivity contribution in [2.24, 2.45) is 5.92 Å². The summed E-state index contributed by atoms with van der Waals surface area (Å²) in [6.07, 6.45) is 2.07. The molecule has 3 N–H and O–H groups in total. The average molecular weight is 244 g/mol. The SMILES string of the molecule is CCCC(C)NC(=O)C(C)NC(C)C(C)CO. The molecule has 0 spiro atoms. The fourth-order valence-electron chi connectivity index (χ4n) is 1.67. The maximum absolute atomic E-state index is 11.8. The van der Waals surface area contributed by atoms with Gasteiger partial charge in [-0.15, -0.1) is 0 Å². The molecule has 0 saturated carbocycles. The van der Waals surface area contributed by atoms with Crippen LogP contribution >= 0.6 is 0 Å². The van der Waals surface area contributed by atoms with Gasteiger partial charge in [0.1, 0.15) is 0 Å². The van der Waals surface area contributed by atoms with Crippen molar-refractivity contribution in [2.45, 2.75) is 65.6 Å². The van der Waals surface area contributed by atoms with Crippen molar-refractivity contribution in [3.8, 4) is 0 Å². The lowest BCUT2D eigenvalue weighted by molar-refractivity contribution is -0.123. The Morgan fingerprint density at radius 2 is 1.82 bits per heavy atom. The molecule has 0 fully saturated rings. The van der Waals surface area contributed by atoms with E-state index in [-0.39, 0.29) is 36.6 Å². The summed E-state index contributed by atoms with van der Waals surface area (Å²) >= 11 is 0. The monoisotopic (exact) mass is 244 g/mol. The normalized spacial score (nSPS) is 18.2. The molecule has 0 saturated heterocycles. The smallest absolute Gasteiger partial charge is 0.237 e. The van der Waals surface area contributed by atoms with Gasteiger partial charge in [0.25, 0.3) is 0 Å². The van der Waals surface area contributed by atoms with Crippen LogP contribution in [0.25, 0.3) is 0 Å². The zero-order valence-corrected chi connectivity index (χ0v) is 11.8. The van der Waals surface area contributed by atoms with Crippen LogP contribution in [0.15, 0.2) is 0 Å². The molecule has 0 aliphatic carbocycles. The summed E-state index contributed by atoms with van der Waals surface area (Å²) in [6, 6.07) is 0.128. The van der Waals surface area contributed by atoms with Crippen LogP contribution in [0.5, 0.6) is 0 Å². The van der Waals surface area contributed by atoms with Crippen LogP contribution in [0.1, 0.15) is 47.5 Å². The van der Waals surface area contributed by atoms with E-state index < -0.39 is 0 Å². The number of aliphatic hydroxyl groups excluding tert-OH is 1. The van der Waals surface area contributed by atoms with E-state index in [1.54, 1.807) is 0 Å². The zero-order chi connectivity index (χ0) is 13.4. The maximum atomic E-state index is 11.8. The number of amides is 1. The van der Waals surface area contributed by atoms with E-state index in [4.69, 9.17) is 5.11 Å². The number of carbonyl (C=O) groups is 1. The first-order valence-electron chi connectivity index (χ1n) is 6.59. The van der Waals surface area contributed by atoms with Gasteiger partial charge < -0.3 is 15.7 Å². The fourth-order valence-corrected chi connectivity index (χ4v) is 1.67. The molecule has 0 aliphatic rings. The van der Waals surface area contributed by atoms with Gasteiger partial charge in [0.15, 0.2) is 0 Å². The van der Waals surface area contributed by atoms with E-state index in [0.717, 1.165) is 12.8 Å². The summed E-state index contributed by atoms with van der Waals surface area (Å²) in [4.78, 5) is 11.8. The van der Waals surface area contributed by atoms with Crippen molar-refractivity contribution >= 4 is 5.91 Å². The molecule has 0 aromatic heterocycles. The molecule has 17 heavy (non-hydrogen) atoms. The minimum atomic E-state index is -0.224. The van der Waals surface area contributed by atoms with E-state index in [1.807, 2.05) is 27.7 Å².